The zero-order valence-electron chi connectivity index (χ0n) is 13.0. The fourth-order valence-electron chi connectivity index (χ4n) is 2.87. The molecule has 8 heteroatoms. The van der Waals surface area contributed by atoms with Crippen LogP contribution < -0.4 is 5.32 Å². The Labute approximate surface area is 141 Å². The van der Waals surface area contributed by atoms with Crippen LogP contribution in [0.3, 0.4) is 0 Å². The first-order valence-corrected chi connectivity index (χ1v) is 7.64. The van der Waals surface area contributed by atoms with E-state index < -0.39 is 29.3 Å². The molecule has 0 unspecified atom stereocenters. The van der Waals surface area contributed by atoms with Crippen molar-refractivity contribution in [2.75, 3.05) is 11.9 Å². The van der Waals surface area contributed by atoms with E-state index in [4.69, 9.17) is 0 Å². The molecule has 0 bridgehead atoms. The van der Waals surface area contributed by atoms with E-state index in [9.17, 15) is 22.8 Å². The van der Waals surface area contributed by atoms with Crippen LogP contribution in [0.4, 0.5) is 18.9 Å². The number of likely N-dealkylation sites (tertiary alicyclic amines) is 1. The minimum atomic E-state index is -1.64. The maximum absolute atomic E-state index is 13.2. The van der Waals surface area contributed by atoms with Crippen LogP contribution in [-0.2, 0) is 9.59 Å². The van der Waals surface area contributed by atoms with E-state index in [0.717, 1.165) is 12.0 Å². The number of nitrogens with one attached hydrogen (secondary N) is 1. The molecular weight excluding hydrogens is 335 g/mol. The average molecular weight is 349 g/mol. The fourth-order valence-corrected chi connectivity index (χ4v) is 2.87. The minimum absolute atomic E-state index is 0.284. The quantitative estimate of drug-likeness (QED) is 0.670. The number of rotatable bonds is 2. The number of halogens is 3. The molecule has 130 valence electrons. The van der Waals surface area contributed by atoms with Gasteiger partial charge in [0, 0.05) is 36.8 Å². The molecule has 0 aliphatic carbocycles. The average Bonchev–Trinajstić information content (AvgIpc) is 3.09. The minimum Gasteiger partial charge on any atom is -0.327 e. The number of amides is 2. The van der Waals surface area contributed by atoms with Gasteiger partial charge in [0.05, 0.1) is 6.04 Å². The van der Waals surface area contributed by atoms with E-state index >= 15 is 0 Å². The van der Waals surface area contributed by atoms with Crippen molar-refractivity contribution < 1.29 is 22.8 Å². The highest BCUT2D eigenvalue weighted by atomic mass is 19.2. The maximum Gasteiger partial charge on any atom is 0.313 e. The van der Waals surface area contributed by atoms with E-state index in [1.165, 1.54) is 4.90 Å². The third kappa shape index (κ3) is 3.47. The molecule has 1 atom stereocenters. The fraction of sp³-hybridized carbons (Fsp3) is 0.235. The van der Waals surface area contributed by atoms with Crippen LogP contribution in [0.25, 0.3) is 0 Å². The first-order chi connectivity index (χ1) is 12.0. The van der Waals surface area contributed by atoms with E-state index in [0.29, 0.717) is 25.1 Å². The van der Waals surface area contributed by atoms with Gasteiger partial charge in [0.2, 0.25) is 0 Å². The van der Waals surface area contributed by atoms with Crippen molar-refractivity contribution in [2.24, 2.45) is 0 Å². The van der Waals surface area contributed by atoms with Gasteiger partial charge < -0.3 is 10.2 Å². The number of aromatic nitrogens is 1. The molecule has 0 radical (unpaired) electrons. The third-order valence-electron chi connectivity index (χ3n) is 4.02. The summed E-state index contributed by atoms with van der Waals surface area (Å²) in [5.74, 6) is -6.40. The van der Waals surface area contributed by atoms with Gasteiger partial charge in [-0.3, -0.25) is 14.6 Å². The second-order valence-electron chi connectivity index (χ2n) is 5.65. The van der Waals surface area contributed by atoms with Gasteiger partial charge in [-0.05, 0) is 24.5 Å². The van der Waals surface area contributed by atoms with Gasteiger partial charge in [-0.25, -0.2) is 13.2 Å². The SMILES string of the molecule is O=C(Nc1cc(F)c(F)c(F)c1)C(=O)N1CCC[C@H]1c1cccnc1. The summed E-state index contributed by atoms with van der Waals surface area (Å²) in [6.07, 6.45) is 4.64. The van der Waals surface area contributed by atoms with Crippen molar-refractivity contribution >= 4 is 17.5 Å². The van der Waals surface area contributed by atoms with Crippen LogP contribution in [0.2, 0.25) is 0 Å². The van der Waals surface area contributed by atoms with Gasteiger partial charge in [0.25, 0.3) is 0 Å². The summed E-state index contributed by atoms with van der Waals surface area (Å²) in [6.45, 7) is 0.387. The Hall–Kier alpha value is -2.90. The van der Waals surface area contributed by atoms with Crippen molar-refractivity contribution in [3.8, 4) is 0 Å². The van der Waals surface area contributed by atoms with Crippen LogP contribution in [0, 0.1) is 17.5 Å². The van der Waals surface area contributed by atoms with Gasteiger partial charge in [-0.2, -0.15) is 0 Å². The molecule has 1 N–H and O–H groups in total. The zero-order chi connectivity index (χ0) is 18.0. The van der Waals surface area contributed by atoms with E-state index in [1.807, 2.05) is 6.07 Å². The number of anilines is 1. The van der Waals surface area contributed by atoms with E-state index in [1.54, 1.807) is 18.5 Å². The van der Waals surface area contributed by atoms with Crippen LogP contribution in [0.15, 0.2) is 36.7 Å². The Bertz CT molecular complexity index is 791. The predicted molar refractivity (Wildman–Crippen MR) is 82.9 cm³/mol. The molecule has 2 aromatic rings. The monoisotopic (exact) mass is 349 g/mol. The Morgan fingerprint density at radius 2 is 1.92 bits per heavy atom. The van der Waals surface area contributed by atoms with Gasteiger partial charge in [-0.15, -0.1) is 0 Å². The normalized spacial score (nSPS) is 16.8. The van der Waals surface area contributed by atoms with Crippen LogP contribution in [0.1, 0.15) is 24.4 Å². The predicted octanol–water partition coefficient (Wildman–Crippen LogP) is 2.80. The maximum atomic E-state index is 13.2. The van der Waals surface area contributed by atoms with Crippen LogP contribution >= 0.6 is 0 Å². The number of benzene rings is 1. The Morgan fingerprint density at radius 3 is 2.56 bits per heavy atom. The first-order valence-electron chi connectivity index (χ1n) is 7.64. The standard InChI is InChI=1S/C17H14F3N3O2/c18-12-7-11(8-13(19)15(12)20)22-16(24)17(25)23-6-2-4-14(23)10-3-1-5-21-9-10/h1,3,5,7-9,14H,2,4,6H2,(H,22,24)/t14-/m0/s1. The smallest absolute Gasteiger partial charge is 0.313 e. The summed E-state index contributed by atoms with van der Waals surface area (Å²) in [5, 5.41) is 2.11. The summed E-state index contributed by atoms with van der Waals surface area (Å²) in [4.78, 5) is 29.9. The molecule has 25 heavy (non-hydrogen) atoms. The van der Waals surface area contributed by atoms with Crippen molar-refractivity contribution in [3.63, 3.8) is 0 Å². The molecule has 1 saturated heterocycles. The van der Waals surface area contributed by atoms with Gasteiger partial charge in [-0.1, -0.05) is 6.07 Å². The van der Waals surface area contributed by atoms with E-state index in [-0.39, 0.29) is 11.7 Å². The highest BCUT2D eigenvalue weighted by Crippen LogP contribution is 2.31. The molecule has 1 aromatic carbocycles. The van der Waals surface area contributed by atoms with Gasteiger partial charge >= 0.3 is 11.8 Å². The molecule has 2 amide bonds. The molecule has 1 fully saturated rings. The number of carbonyl (C=O) groups excluding carboxylic acids is 2. The largest absolute Gasteiger partial charge is 0.327 e. The van der Waals surface area contributed by atoms with Crippen molar-refractivity contribution in [2.45, 2.75) is 18.9 Å². The summed E-state index contributed by atoms with van der Waals surface area (Å²) < 4.78 is 39.4. The number of pyridine rings is 1. The molecule has 0 spiro atoms. The molecule has 1 aliphatic heterocycles. The summed E-state index contributed by atoms with van der Waals surface area (Å²) >= 11 is 0. The summed E-state index contributed by atoms with van der Waals surface area (Å²) in [7, 11) is 0. The van der Waals surface area contributed by atoms with Crippen molar-refractivity contribution in [3.05, 3.63) is 59.7 Å². The number of nitrogens with zero attached hydrogens (tertiary/aromatic N) is 2. The van der Waals surface area contributed by atoms with Gasteiger partial charge in [0.1, 0.15) is 0 Å². The van der Waals surface area contributed by atoms with Crippen LogP contribution in [-0.4, -0.2) is 28.2 Å². The first kappa shape index (κ1) is 16.9. The zero-order valence-corrected chi connectivity index (χ0v) is 13.0. The van der Waals surface area contributed by atoms with Crippen molar-refractivity contribution in [1.29, 1.82) is 0 Å². The highest BCUT2D eigenvalue weighted by molar-refractivity contribution is 6.39. The highest BCUT2D eigenvalue weighted by Gasteiger charge is 2.33. The Balaban J connectivity index is 1.75. The molecule has 5 nitrogen and oxygen atoms in total. The molecule has 1 aliphatic rings. The molecule has 3 rings (SSSR count). The lowest BCUT2D eigenvalue weighted by Gasteiger charge is -2.24. The lowest BCUT2D eigenvalue weighted by Crippen LogP contribution is -2.39. The van der Waals surface area contributed by atoms with Crippen molar-refractivity contribution in [1.82, 2.24) is 9.88 Å². The van der Waals surface area contributed by atoms with E-state index in [2.05, 4.69) is 10.3 Å². The summed E-state index contributed by atoms with van der Waals surface area (Å²) in [6, 6.07) is 4.50. The van der Waals surface area contributed by atoms with Gasteiger partial charge in [0.15, 0.2) is 17.5 Å². The second kappa shape index (κ2) is 6.92. The lowest BCUT2D eigenvalue weighted by atomic mass is 10.1. The van der Waals surface area contributed by atoms with Crippen LogP contribution in [0.5, 0.6) is 0 Å². The third-order valence-corrected chi connectivity index (χ3v) is 4.02. The molecule has 0 saturated carbocycles. The number of carbonyl (C=O) groups is 2. The second-order valence-corrected chi connectivity index (χ2v) is 5.65. The Kier molecular flexibility index (Phi) is 4.69. The number of hydrogen-bond acceptors (Lipinski definition) is 3. The Morgan fingerprint density at radius 1 is 1.20 bits per heavy atom. The molecule has 2 heterocycles. The lowest BCUT2D eigenvalue weighted by molar-refractivity contribution is -0.143. The topological polar surface area (TPSA) is 62.3 Å². The molecule has 1 aromatic heterocycles. The molecular formula is C17H14F3N3O2. The summed E-state index contributed by atoms with van der Waals surface area (Å²) in [5.41, 5.74) is 0.479. The number of hydrogen-bond donors (Lipinski definition) is 1.